The molecule has 74 valence electrons. The lowest BCUT2D eigenvalue weighted by Gasteiger charge is -2.01. The summed E-state index contributed by atoms with van der Waals surface area (Å²) in [6, 6.07) is 10.2. The number of hydrogen-bond donors (Lipinski definition) is 0. The molecule has 0 radical (unpaired) electrons. The first-order valence-corrected chi connectivity index (χ1v) is 5.31. The third-order valence-electron chi connectivity index (χ3n) is 2.74. The van der Waals surface area contributed by atoms with Crippen LogP contribution in [0.4, 0.5) is 0 Å². The highest BCUT2D eigenvalue weighted by atomic mass is 14.8. The van der Waals surface area contributed by atoms with E-state index in [1.807, 2.05) is 30.6 Å². The minimum Gasteiger partial charge on any atom is -0.257 e. The third kappa shape index (κ3) is 1.75. The standard InChI is InChI=1S/C13H12N2/c1-2-4-10(5-3-1)12-8-15-13(9-14-12)11-6-7-11/h1-5,8-9,11H,6-7H2. The Bertz CT molecular complexity index is 444. The number of hydrogen-bond acceptors (Lipinski definition) is 2. The van der Waals surface area contributed by atoms with E-state index in [1.54, 1.807) is 0 Å². The van der Waals surface area contributed by atoms with Crippen molar-refractivity contribution in [2.24, 2.45) is 0 Å². The first-order chi connectivity index (χ1) is 7.43. The normalized spacial score (nSPS) is 15.2. The minimum atomic E-state index is 0.683. The van der Waals surface area contributed by atoms with Crippen LogP contribution in [0.1, 0.15) is 24.5 Å². The lowest BCUT2D eigenvalue weighted by Crippen LogP contribution is -1.90. The molecule has 1 aromatic heterocycles. The van der Waals surface area contributed by atoms with Crippen molar-refractivity contribution in [1.82, 2.24) is 9.97 Å². The Kier molecular flexibility index (Phi) is 1.98. The molecule has 0 saturated heterocycles. The zero-order valence-corrected chi connectivity index (χ0v) is 8.43. The largest absolute Gasteiger partial charge is 0.257 e. The lowest BCUT2D eigenvalue weighted by atomic mass is 10.1. The quantitative estimate of drug-likeness (QED) is 0.737. The molecule has 0 spiro atoms. The van der Waals surface area contributed by atoms with Crippen molar-refractivity contribution in [3.05, 3.63) is 48.4 Å². The van der Waals surface area contributed by atoms with Crippen LogP contribution in [0.5, 0.6) is 0 Å². The number of benzene rings is 1. The van der Waals surface area contributed by atoms with Crippen molar-refractivity contribution in [1.29, 1.82) is 0 Å². The molecule has 1 heterocycles. The van der Waals surface area contributed by atoms with Crippen LogP contribution < -0.4 is 0 Å². The van der Waals surface area contributed by atoms with Gasteiger partial charge in [-0.05, 0) is 12.8 Å². The molecule has 0 N–H and O–H groups in total. The fourth-order valence-electron chi connectivity index (χ4n) is 1.69. The van der Waals surface area contributed by atoms with Gasteiger partial charge in [-0.1, -0.05) is 30.3 Å². The topological polar surface area (TPSA) is 25.8 Å². The lowest BCUT2D eigenvalue weighted by molar-refractivity contribution is 0.991. The molecule has 2 nitrogen and oxygen atoms in total. The highest BCUT2D eigenvalue weighted by molar-refractivity contribution is 5.57. The van der Waals surface area contributed by atoms with E-state index in [4.69, 9.17) is 0 Å². The first-order valence-electron chi connectivity index (χ1n) is 5.31. The van der Waals surface area contributed by atoms with Crippen LogP contribution in [0.15, 0.2) is 42.7 Å². The molecule has 0 bridgehead atoms. The predicted molar refractivity (Wildman–Crippen MR) is 59.4 cm³/mol. The van der Waals surface area contributed by atoms with E-state index in [-0.39, 0.29) is 0 Å². The molecule has 1 aromatic carbocycles. The van der Waals surface area contributed by atoms with E-state index in [1.165, 1.54) is 12.8 Å². The number of rotatable bonds is 2. The molecule has 0 amide bonds. The Balaban J connectivity index is 1.93. The van der Waals surface area contributed by atoms with Crippen molar-refractivity contribution in [3.63, 3.8) is 0 Å². The maximum Gasteiger partial charge on any atom is 0.0885 e. The van der Waals surface area contributed by atoms with E-state index in [2.05, 4.69) is 22.1 Å². The van der Waals surface area contributed by atoms with Gasteiger partial charge in [-0.2, -0.15) is 0 Å². The summed E-state index contributed by atoms with van der Waals surface area (Å²) in [7, 11) is 0. The van der Waals surface area contributed by atoms with Gasteiger partial charge in [0.25, 0.3) is 0 Å². The average molecular weight is 196 g/mol. The van der Waals surface area contributed by atoms with Crippen LogP contribution in [0.3, 0.4) is 0 Å². The smallest absolute Gasteiger partial charge is 0.0885 e. The van der Waals surface area contributed by atoms with E-state index < -0.39 is 0 Å². The first kappa shape index (κ1) is 8.60. The zero-order valence-electron chi connectivity index (χ0n) is 8.43. The van der Waals surface area contributed by atoms with Crippen LogP contribution in [0.2, 0.25) is 0 Å². The summed E-state index contributed by atoms with van der Waals surface area (Å²) in [4.78, 5) is 8.90. The van der Waals surface area contributed by atoms with E-state index in [0.29, 0.717) is 5.92 Å². The van der Waals surface area contributed by atoms with Crippen LogP contribution in [-0.2, 0) is 0 Å². The molecule has 1 aliphatic rings. The van der Waals surface area contributed by atoms with Crippen molar-refractivity contribution < 1.29 is 0 Å². The zero-order chi connectivity index (χ0) is 10.1. The number of nitrogens with zero attached hydrogens (tertiary/aromatic N) is 2. The van der Waals surface area contributed by atoms with E-state index in [0.717, 1.165) is 17.0 Å². The summed E-state index contributed by atoms with van der Waals surface area (Å²) in [6.07, 6.45) is 6.35. The second kappa shape index (κ2) is 3.46. The van der Waals surface area contributed by atoms with Gasteiger partial charge in [0, 0.05) is 17.7 Å². The Morgan fingerprint density at radius 1 is 0.933 bits per heavy atom. The third-order valence-corrected chi connectivity index (χ3v) is 2.74. The summed E-state index contributed by atoms with van der Waals surface area (Å²) in [5.41, 5.74) is 3.24. The molecular formula is C13H12N2. The van der Waals surface area contributed by atoms with Gasteiger partial charge in [0.2, 0.25) is 0 Å². The molecule has 2 heteroatoms. The average Bonchev–Trinajstić information content (AvgIpc) is 3.15. The van der Waals surface area contributed by atoms with Gasteiger partial charge in [-0.3, -0.25) is 9.97 Å². The SMILES string of the molecule is c1ccc(-c2cnc(C3CC3)cn2)cc1. The Morgan fingerprint density at radius 3 is 2.33 bits per heavy atom. The highest BCUT2D eigenvalue weighted by Crippen LogP contribution is 2.38. The van der Waals surface area contributed by atoms with Crippen molar-refractivity contribution in [2.75, 3.05) is 0 Å². The second-order valence-corrected chi connectivity index (χ2v) is 3.97. The van der Waals surface area contributed by atoms with Crippen LogP contribution in [-0.4, -0.2) is 9.97 Å². The molecule has 2 aromatic rings. The van der Waals surface area contributed by atoms with Gasteiger partial charge in [0.05, 0.1) is 17.6 Å². The summed E-state index contributed by atoms with van der Waals surface area (Å²) < 4.78 is 0. The van der Waals surface area contributed by atoms with Gasteiger partial charge >= 0.3 is 0 Å². The molecule has 1 fully saturated rings. The van der Waals surface area contributed by atoms with Gasteiger partial charge in [-0.15, -0.1) is 0 Å². The predicted octanol–water partition coefficient (Wildman–Crippen LogP) is 3.02. The van der Waals surface area contributed by atoms with Gasteiger partial charge in [-0.25, -0.2) is 0 Å². The Hall–Kier alpha value is -1.70. The van der Waals surface area contributed by atoms with E-state index >= 15 is 0 Å². The molecule has 1 aliphatic carbocycles. The summed E-state index contributed by atoms with van der Waals surface area (Å²) in [6.45, 7) is 0. The van der Waals surface area contributed by atoms with Crippen molar-refractivity contribution in [2.45, 2.75) is 18.8 Å². The number of aromatic nitrogens is 2. The van der Waals surface area contributed by atoms with Crippen molar-refractivity contribution >= 4 is 0 Å². The molecular weight excluding hydrogens is 184 g/mol. The maximum atomic E-state index is 4.45. The fourth-order valence-corrected chi connectivity index (χ4v) is 1.69. The van der Waals surface area contributed by atoms with Gasteiger partial charge in [0.15, 0.2) is 0 Å². The highest BCUT2D eigenvalue weighted by Gasteiger charge is 2.24. The minimum absolute atomic E-state index is 0.683. The molecule has 0 atom stereocenters. The Labute approximate surface area is 89.0 Å². The summed E-state index contributed by atoms with van der Waals surface area (Å²) in [5, 5.41) is 0. The van der Waals surface area contributed by atoms with E-state index in [9.17, 15) is 0 Å². The molecule has 0 aliphatic heterocycles. The van der Waals surface area contributed by atoms with Crippen LogP contribution in [0.25, 0.3) is 11.3 Å². The fraction of sp³-hybridized carbons (Fsp3) is 0.231. The second-order valence-electron chi connectivity index (χ2n) is 3.97. The summed E-state index contributed by atoms with van der Waals surface area (Å²) in [5.74, 6) is 0.683. The van der Waals surface area contributed by atoms with Crippen LogP contribution in [0, 0.1) is 0 Å². The van der Waals surface area contributed by atoms with Gasteiger partial charge in [0.1, 0.15) is 0 Å². The molecule has 0 unspecified atom stereocenters. The van der Waals surface area contributed by atoms with Crippen LogP contribution >= 0.6 is 0 Å². The van der Waals surface area contributed by atoms with Crippen molar-refractivity contribution in [3.8, 4) is 11.3 Å². The maximum absolute atomic E-state index is 4.45. The monoisotopic (exact) mass is 196 g/mol. The molecule has 15 heavy (non-hydrogen) atoms. The Morgan fingerprint density at radius 2 is 1.73 bits per heavy atom. The van der Waals surface area contributed by atoms with Gasteiger partial charge < -0.3 is 0 Å². The summed E-state index contributed by atoms with van der Waals surface area (Å²) >= 11 is 0. The molecule has 3 rings (SSSR count). The molecule has 1 saturated carbocycles.